The molecule has 5 nitrogen and oxygen atoms in total. The van der Waals surface area contributed by atoms with Crippen LogP contribution in [0.5, 0.6) is 0 Å². The lowest BCUT2D eigenvalue weighted by molar-refractivity contribution is -0.120. The molecule has 5 heteroatoms. The zero-order valence-corrected chi connectivity index (χ0v) is 11.1. The van der Waals surface area contributed by atoms with Crippen molar-refractivity contribution in [3.63, 3.8) is 0 Å². The maximum Gasteiger partial charge on any atom is 0.231 e. The molecule has 4 N–H and O–H groups in total. The highest BCUT2D eigenvalue weighted by atomic mass is 16.3. The second-order valence-corrected chi connectivity index (χ2v) is 5.77. The van der Waals surface area contributed by atoms with E-state index in [0.29, 0.717) is 18.6 Å². The molecule has 2 rings (SSSR count). The number of likely N-dealkylation sites (tertiary alicyclic amines) is 1. The third-order valence-electron chi connectivity index (χ3n) is 3.95. The Labute approximate surface area is 109 Å². The van der Waals surface area contributed by atoms with Crippen LogP contribution in [0.2, 0.25) is 0 Å². The van der Waals surface area contributed by atoms with Gasteiger partial charge in [-0.15, -0.1) is 0 Å². The third-order valence-corrected chi connectivity index (χ3v) is 3.95. The molecule has 1 heterocycles. The van der Waals surface area contributed by atoms with Crippen LogP contribution in [0.3, 0.4) is 0 Å². The Hall–Kier alpha value is -0.650. The molecule has 18 heavy (non-hydrogen) atoms. The molecule has 0 aromatic rings. The first-order valence-corrected chi connectivity index (χ1v) is 7.03. The number of carbonyl (C=O) groups excluding carboxylic acids is 1. The summed E-state index contributed by atoms with van der Waals surface area (Å²) in [5, 5.41) is 13.6. The van der Waals surface area contributed by atoms with Gasteiger partial charge in [-0.05, 0) is 31.6 Å². The molecule has 2 fully saturated rings. The number of nitrogens with one attached hydrogen (secondary N) is 1. The SMILES string of the molecule is CCC(O)C1CC(NC2CC2)CN(CC(N)=O)C1. The second kappa shape index (κ2) is 5.99. The van der Waals surface area contributed by atoms with Crippen LogP contribution >= 0.6 is 0 Å². The molecule has 2 aliphatic rings. The van der Waals surface area contributed by atoms with Crippen LogP contribution in [-0.4, -0.2) is 53.7 Å². The van der Waals surface area contributed by atoms with Gasteiger partial charge in [0.1, 0.15) is 0 Å². The highest BCUT2D eigenvalue weighted by Gasteiger charge is 2.34. The van der Waals surface area contributed by atoms with Crippen LogP contribution in [-0.2, 0) is 4.79 Å². The minimum atomic E-state index is -0.285. The Bertz CT molecular complexity index is 294. The standard InChI is InChI=1S/C13H25N3O2/c1-2-12(17)9-5-11(15-10-3-4-10)7-16(6-9)8-13(14)18/h9-12,15,17H,2-8H2,1H3,(H2,14,18). The van der Waals surface area contributed by atoms with Crippen molar-refractivity contribution < 1.29 is 9.90 Å². The highest BCUT2D eigenvalue weighted by Crippen LogP contribution is 2.26. The lowest BCUT2D eigenvalue weighted by atomic mass is 9.88. The fourth-order valence-electron chi connectivity index (χ4n) is 2.90. The number of nitrogens with two attached hydrogens (primary N) is 1. The number of carbonyl (C=O) groups is 1. The number of piperidine rings is 1. The van der Waals surface area contributed by atoms with E-state index in [4.69, 9.17) is 5.73 Å². The minimum absolute atomic E-state index is 0.249. The summed E-state index contributed by atoms with van der Waals surface area (Å²) in [7, 11) is 0. The molecular formula is C13H25N3O2. The minimum Gasteiger partial charge on any atom is -0.393 e. The summed E-state index contributed by atoms with van der Waals surface area (Å²) in [6.45, 7) is 3.95. The van der Waals surface area contributed by atoms with Gasteiger partial charge < -0.3 is 16.2 Å². The van der Waals surface area contributed by atoms with Crippen LogP contribution in [0, 0.1) is 5.92 Å². The molecule has 0 radical (unpaired) electrons. The fourth-order valence-corrected chi connectivity index (χ4v) is 2.90. The predicted octanol–water partition coefficient (Wildman–Crippen LogP) is -0.315. The van der Waals surface area contributed by atoms with Crippen molar-refractivity contribution in [1.82, 2.24) is 10.2 Å². The van der Waals surface area contributed by atoms with Crippen molar-refractivity contribution in [2.75, 3.05) is 19.6 Å². The molecule has 1 saturated carbocycles. The second-order valence-electron chi connectivity index (χ2n) is 5.77. The van der Waals surface area contributed by atoms with E-state index >= 15 is 0 Å². The Morgan fingerprint density at radius 3 is 2.72 bits per heavy atom. The number of rotatable bonds is 6. The van der Waals surface area contributed by atoms with E-state index in [1.165, 1.54) is 12.8 Å². The van der Waals surface area contributed by atoms with E-state index in [1.807, 2.05) is 6.92 Å². The Morgan fingerprint density at radius 1 is 1.44 bits per heavy atom. The van der Waals surface area contributed by atoms with E-state index in [0.717, 1.165) is 25.9 Å². The first-order chi connectivity index (χ1) is 8.58. The van der Waals surface area contributed by atoms with E-state index < -0.39 is 0 Å². The van der Waals surface area contributed by atoms with Crippen LogP contribution in [0.25, 0.3) is 0 Å². The van der Waals surface area contributed by atoms with E-state index in [2.05, 4.69) is 10.2 Å². The monoisotopic (exact) mass is 255 g/mol. The van der Waals surface area contributed by atoms with Crippen molar-refractivity contribution in [1.29, 1.82) is 0 Å². The van der Waals surface area contributed by atoms with Crippen LogP contribution < -0.4 is 11.1 Å². The average Bonchev–Trinajstić information content (AvgIpc) is 3.10. The molecule has 0 spiro atoms. The van der Waals surface area contributed by atoms with E-state index in [-0.39, 0.29) is 17.9 Å². The van der Waals surface area contributed by atoms with Gasteiger partial charge in [-0.3, -0.25) is 9.69 Å². The molecule has 0 bridgehead atoms. The largest absolute Gasteiger partial charge is 0.393 e. The molecule has 1 saturated heterocycles. The molecule has 1 aliphatic heterocycles. The molecule has 1 amide bonds. The van der Waals surface area contributed by atoms with Gasteiger partial charge in [0.15, 0.2) is 0 Å². The summed E-state index contributed by atoms with van der Waals surface area (Å²) in [5.74, 6) is -0.0360. The summed E-state index contributed by atoms with van der Waals surface area (Å²) >= 11 is 0. The van der Waals surface area contributed by atoms with E-state index in [9.17, 15) is 9.90 Å². The van der Waals surface area contributed by atoms with Crippen LogP contribution in [0.15, 0.2) is 0 Å². The third kappa shape index (κ3) is 3.93. The topological polar surface area (TPSA) is 78.6 Å². The van der Waals surface area contributed by atoms with Gasteiger partial charge in [-0.2, -0.15) is 0 Å². The van der Waals surface area contributed by atoms with Gasteiger partial charge in [0.2, 0.25) is 5.91 Å². The first kappa shape index (κ1) is 13.8. The summed E-state index contributed by atoms with van der Waals surface area (Å²) < 4.78 is 0. The molecule has 0 aromatic carbocycles. The number of primary amides is 1. The average molecular weight is 255 g/mol. The van der Waals surface area contributed by atoms with Crippen molar-refractivity contribution in [2.24, 2.45) is 11.7 Å². The normalized spacial score (nSPS) is 31.2. The summed E-state index contributed by atoms with van der Waals surface area (Å²) in [4.78, 5) is 13.1. The van der Waals surface area contributed by atoms with Crippen LogP contribution in [0.4, 0.5) is 0 Å². The number of hydrogen-bond acceptors (Lipinski definition) is 4. The smallest absolute Gasteiger partial charge is 0.231 e. The number of nitrogens with zero attached hydrogens (tertiary/aromatic N) is 1. The number of hydrogen-bond donors (Lipinski definition) is 3. The molecule has 104 valence electrons. The Morgan fingerprint density at radius 2 is 2.17 bits per heavy atom. The number of amides is 1. The maximum atomic E-state index is 11.1. The van der Waals surface area contributed by atoms with Gasteiger partial charge >= 0.3 is 0 Å². The molecular weight excluding hydrogens is 230 g/mol. The van der Waals surface area contributed by atoms with E-state index in [1.54, 1.807) is 0 Å². The number of aliphatic hydroxyl groups is 1. The quantitative estimate of drug-likeness (QED) is 0.608. The van der Waals surface area contributed by atoms with Gasteiger partial charge in [0, 0.05) is 25.2 Å². The molecule has 1 aliphatic carbocycles. The first-order valence-electron chi connectivity index (χ1n) is 7.03. The van der Waals surface area contributed by atoms with Gasteiger partial charge in [0.25, 0.3) is 0 Å². The highest BCUT2D eigenvalue weighted by molar-refractivity contribution is 5.75. The summed E-state index contributed by atoms with van der Waals surface area (Å²) in [6, 6.07) is 1.04. The molecule has 3 unspecified atom stereocenters. The maximum absolute atomic E-state index is 11.1. The molecule has 3 atom stereocenters. The summed E-state index contributed by atoms with van der Waals surface area (Å²) in [5.41, 5.74) is 5.27. The van der Waals surface area contributed by atoms with Crippen molar-refractivity contribution in [2.45, 2.75) is 50.8 Å². The number of aliphatic hydroxyl groups excluding tert-OH is 1. The van der Waals surface area contributed by atoms with Crippen molar-refractivity contribution >= 4 is 5.91 Å². The van der Waals surface area contributed by atoms with Crippen LogP contribution in [0.1, 0.15) is 32.6 Å². The fraction of sp³-hybridized carbons (Fsp3) is 0.923. The zero-order valence-electron chi connectivity index (χ0n) is 11.1. The zero-order chi connectivity index (χ0) is 13.1. The summed E-state index contributed by atoms with van der Waals surface area (Å²) in [6.07, 6.45) is 4.01. The lowest BCUT2D eigenvalue weighted by Crippen LogP contribution is -2.53. The van der Waals surface area contributed by atoms with Crippen molar-refractivity contribution in [3.05, 3.63) is 0 Å². The Balaban J connectivity index is 1.92. The van der Waals surface area contributed by atoms with Gasteiger partial charge in [-0.25, -0.2) is 0 Å². The lowest BCUT2D eigenvalue weighted by Gasteiger charge is -2.39. The Kier molecular flexibility index (Phi) is 4.59. The predicted molar refractivity (Wildman–Crippen MR) is 70.0 cm³/mol. The molecule has 0 aromatic heterocycles. The van der Waals surface area contributed by atoms with Crippen molar-refractivity contribution in [3.8, 4) is 0 Å². The van der Waals surface area contributed by atoms with Gasteiger partial charge in [-0.1, -0.05) is 6.92 Å². The van der Waals surface area contributed by atoms with Gasteiger partial charge in [0.05, 0.1) is 12.6 Å².